The van der Waals surface area contributed by atoms with Crippen molar-refractivity contribution in [2.24, 2.45) is 0 Å². The summed E-state index contributed by atoms with van der Waals surface area (Å²) in [6.07, 6.45) is 3.86. The number of carbonyl (C=O) groups excluding carboxylic acids is 3. The third kappa shape index (κ3) is 7.88. The zero-order chi connectivity index (χ0) is 30.0. The van der Waals surface area contributed by atoms with Crippen LogP contribution in [-0.2, 0) is 25.8 Å². The van der Waals surface area contributed by atoms with Gasteiger partial charge in [0, 0.05) is 58.1 Å². The summed E-state index contributed by atoms with van der Waals surface area (Å²) in [4.78, 5) is 43.0. The van der Waals surface area contributed by atoms with Gasteiger partial charge in [-0.3, -0.25) is 9.59 Å². The number of benzene rings is 3. The molecular formula is C34H36N2O4S3. The topological polar surface area (TPSA) is 66.9 Å². The summed E-state index contributed by atoms with van der Waals surface area (Å²) >= 11 is 8.24. The summed E-state index contributed by atoms with van der Waals surface area (Å²) in [7, 11) is 0. The van der Waals surface area contributed by atoms with Gasteiger partial charge in [-0.1, -0.05) is 73.2 Å². The van der Waals surface area contributed by atoms with Gasteiger partial charge >= 0.3 is 5.97 Å². The molecule has 0 aliphatic carbocycles. The molecule has 3 aromatic rings. The van der Waals surface area contributed by atoms with Crippen molar-refractivity contribution in [3.8, 4) is 0 Å². The van der Waals surface area contributed by atoms with Crippen LogP contribution in [0.3, 0.4) is 0 Å². The van der Waals surface area contributed by atoms with Crippen molar-refractivity contribution in [3.05, 3.63) is 99.8 Å². The van der Waals surface area contributed by atoms with E-state index in [2.05, 4.69) is 96.4 Å². The molecule has 0 atom stereocenters. The predicted octanol–water partition coefficient (Wildman–Crippen LogP) is 8.01. The minimum atomic E-state index is -0.531. The predicted molar refractivity (Wildman–Crippen MR) is 180 cm³/mol. The Morgan fingerprint density at radius 2 is 1.33 bits per heavy atom. The van der Waals surface area contributed by atoms with Crippen molar-refractivity contribution in [3.63, 3.8) is 0 Å². The number of carbonyl (C=O) groups is 3. The molecule has 0 saturated carbocycles. The fraction of sp³-hybridized carbons (Fsp3) is 0.324. The molecule has 0 N–H and O–H groups in total. The fourth-order valence-electron chi connectivity index (χ4n) is 5.21. The molecule has 0 bridgehead atoms. The average molecular weight is 633 g/mol. The lowest BCUT2D eigenvalue weighted by molar-refractivity contribution is -0.197. The maximum atomic E-state index is 12.2. The molecule has 0 aromatic heterocycles. The van der Waals surface area contributed by atoms with Crippen LogP contribution in [0.1, 0.15) is 61.6 Å². The highest BCUT2D eigenvalue weighted by Gasteiger charge is 2.33. The van der Waals surface area contributed by atoms with Gasteiger partial charge < -0.3 is 9.74 Å². The number of rotatable bonds is 14. The molecule has 2 aliphatic rings. The van der Waals surface area contributed by atoms with E-state index in [9.17, 15) is 14.4 Å². The zero-order valence-electron chi connectivity index (χ0n) is 24.1. The van der Waals surface area contributed by atoms with Crippen molar-refractivity contribution in [1.29, 1.82) is 0 Å². The number of hydrogen-bond donors (Lipinski definition) is 1. The third-order valence-corrected chi connectivity index (χ3v) is 10.3. The number of thioether (sulfide) groups is 2. The maximum Gasteiger partial charge on any atom is 0.333 e. The Morgan fingerprint density at radius 1 is 0.744 bits per heavy atom. The normalized spacial score (nSPS) is 14.1. The highest BCUT2D eigenvalue weighted by atomic mass is 32.2. The van der Waals surface area contributed by atoms with Crippen molar-refractivity contribution < 1.29 is 19.2 Å². The van der Waals surface area contributed by atoms with Crippen LogP contribution in [0.5, 0.6) is 0 Å². The summed E-state index contributed by atoms with van der Waals surface area (Å²) in [5.74, 6) is 1.34. The lowest BCUT2D eigenvalue weighted by Crippen LogP contribution is -2.31. The number of hydrogen-bond acceptors (Lipinski definition) is 8. The van der Waals surface area contributed by atoms with E-state index in [1.54, 1.807) is 0 Å². The number of unbranched alkanes of at least 4 members (excludes halogenated alkanes) is 2. The Balaban J connectivity index is 1.30. The Hall–Kier alpha value is -3.14. The molecule has 1 fully saturated rings. The Kier molecular flexibility index (Phi) is 11.3. The van der Waals surface area contributed by atoms with E-state index in [-0.39, 0.29) is 19.3 Å². The Labute approximate surface area is 267 Å². The molecule has 5 rings (SSSR count). The summed E-state index contributed by atoms with van der Waals surface area (Å²) in [6.45, 7) is 0.792. The molecule has 0 radical (unpaired) electrons. The minimum absolute atomic E-state index is 0.104. The summed E-state index contributed by atoms with van der Waals surface area (Å²) < 4.78 is 1.31. The van der Waals surface area contributed by atoms with E-state index in [1.807, 2.05) is 23.5 Å². The first kappa shape index (κ1) is 31.3. The summed E-state index contributed by atoms with van der Waals surface area (Å²) in [5, 5.41) is 0.625. The van der Waals surface area contributed by atoms with Crippen LogP contribution in [0.2, 0.25) is 0 Å². The zero-order valence-corrected chi connectivity index (χ0v) is 26.6. The van der Waals surface area contributed by atoms with Crippen LogP contribution in [0.4, 0.5) is 11.4 Å². The monoisotopic (exact) mass is 632 g/mol. The molecule has 0 spiro atoms. The second kappa shape index (κ2) is 15.5. The van der Waals surface area contributed by atoms with Crippen LogP contribution in [0.25, 0.3) is 5.57 Å². The van der Waals surface area contributed by atoms with E-state index in [0.29, 0.717) is 11.5 Å². The van der Waals surface area contributed by atoms with Gasteiger partial charge in [-0.05, 0) is 54.2 Å². The van der Waals surface area contributed by atoms with E-state index in [0.717, 1.165) is 43.1 Å². The van der Waals surface area contributed by atoms with Crippen molar-refractivity contribution in [1.82, 2.24) is 5.06 Å². The number of nitrogens with zero attached hydrogens (tertiary/aromatic N) is 2. The molecular weight excluding hydrogens is 597 g/mol. The van der Waals surface area contributed by atoms with E-state index < -0.39 is 17.8 Å². The van der Waals surface area contributed by atoms with Crippen molar-refractivity contribution in [2.75, 3.05) is 22.2 Å². The van der Waals surface area contributed by atoms with Crippen LogP contribution >= 0.6 is 36.2 Å². The van der Waals surface area contributed by atoms with Gasteiger partial charge in [-0.15, -0.1) is 28.6 Å². The van der Waals surface area contributed by atoms with Crippen molar-refractivity contribution >= 4 is 70.9 Å². The first-order chi connectivity index (χ1) is 21.1. The first-order valence-corrected chi connectivity index (χ1v) is 17.3. The Bertz CT molecular complexity index is 1410. The minimum Gasteiger partial charge on any atom is -0.336 e. The SMILES string of the molecule is O=C(CCCCCSC(SCCCS)=C1c2ccccc2N(Cc2ccccc2)c2ccccc21)ON1C(=O)CCC1=O. The van der Waals surface area contributed by atoms with Gasteiger partial charge in [0.15, 0.2) is 0 Å². The molecule has 2 heterocycles. The maximum absolute atomic E-state index is 12.2. The molecule has 2 aliphatic heterocycles. The van der Waals surface area contributed by atoms with Gasteiger partial charge in [0.2, 0.25) is 0 Å². The molecule has 9 heteroatoms. The smallest absolute Gasteiger partial charge is 0.333 e. The van der Waals surface area contributed by atoms with Crippen LogP contribution in [-0.4, -0.2) is 40.1 Å². The van der Waals surface area contributed by atoms with E-state index >= 15 is 0 Å². The lowest BCUT2D eigenvalue weighted by atomic mass is 9.91. The molecule has 224 valence electrons. The standard InChI is InChI=1S/C34H36N2O4S3/c37-30-19-20-31(38)36(30)40-32(39)18-5-2-10-22-42-34(43-23-11-21-41)33-26-14-6-8-16-28(26)35(24-25-12-3-1-4-13-25)29-17-9-7-15-27(29)33/h1,3-4,6-9,12-17,41H,2,5,10-11,18-24H2. The number of fused-ring (bicyclic) bond motifs is 2. The average Bonchev–Trinajstić information content (AvgIpc) is 3.34. The second-order valence-corrected chi connectivity index (χ2v) is 13.3. The lowest BCUT2D eigenvalue weighted by Gasteiger charge is -2.35. The summed E-state index contributed by atoms with van der Waals surface area (Å²) in [6, 6.07) is 28.0. The summed E-state index contributed by atoms with van der Waals surface area (Å²) in [5.41, 5.74) is 7.45. The van der Waals surface area contributed by atoms with Gasteiger partial charge in [0.05, 0.1) is 0 Å². The van der Waals surface area contributed by atoms with E-state index in [4.69, 9.17) is 4.84 Å². The fourth-order valence-corrected chi connectivity index (χ4v) is 8.15. The molecule has 1 saturated heterocycles. The second-order valence-electron chi connectivity index (χ2n) is 10.4. The van der Waals surface area contributed by atoms with Crippen molar-refractivity contribution in [2.45, 2.75) is 51.5 Å². The molecule has 43 heavy (non-hydrogen) atoms. The van der Waals surface area contributed by atoms with Crippen LogP contribution < -0.4 is 4.90 Å². The number of amides is 2. The largest absolute Gasteiger partial charge is 0.336 e. The number of hydroxylamine groups is 2. The highest BCUT2D eigenvalue weighted by Crippen LogP contribution is 2.50. The van der Waals surface area contributed by atoms with Gasteiger partial charge in [0.25, 0.3) is 11.8 Å². The number of anilines is 2. The van der Waals surface area contributed by atoms with Crippen LogP contribution in [0, 0.1) is 0 Å². The third-order valence-electron chi connectivity index (χ3n) is 7.31. The molecule has 0 unspecified atom stereocenters. The number of thiol groups is 1. The highest BCUT2D eigenvalue weighted by molar-refractivity contribution is 8.22. The number of imide groups is 1. The molecule has 2 amide bonds. The quantitative estimate of drug-likeness (QED) is 0.110. The van der Waals surface area contributed by atoms with Crippen LogP contribution in [0.15, 0.2) is 83.1 Å². The Morgan fingerprint density at radius 3 is 1.95 bits per heavy atom. The molecule has 6 nitrogen and oxygen atoms in total. The van der Waals surface area contributed by atoms with Gasteiger partial charge in [0.1, 0.15) is 0 Å². The van der Waals surface area contributed by atoms with E-state index in [1.165, 1.54) is 37.9 Å². The molecule has 3 aromatic carbocycles. The van der Waals surface area contributed by atoms with Gasteiger partial charge in [-0.25, -0.2) is 4.79 Å². The first-order valence-electron chi connectivity index (χ1n) is 14.7. The number of para-hydroxylation sites is 2. The van der Waals surface area contributed by atoms with Gasteiger partial charge in [-0.2, -0.15) is 12.6 Å².